The number of para-hydroxylation sites is 7. The molecule has 0 bridgehead atoms. The summed E-state index contributed by atoms with van der Waals surface area (Å²) in [5.41, 5.74) is 11.2. The van der Waals surface area contributed by atoms with E-state index in [2.05, 4.69) is 185 Å². The Morgan fingerprint density at radius 2 is 0.608 bits per heavy atom. The first-order chi connectivity index (χ1) is 25.3. The predicted molar refractivity (Wildman–Crippen MR) is 217 cm³/mol. The monoisotopic (exact) mass is 657 g/mol. The highest BCUT2D eigenvalue weighted by molar-refractivity contribution is 5.99. The van der Waals surface area contributed by atoms with Gasteiger partial charge in [0.05, 0.1) is 11.4 Å². The second kappa shape index (κ2) is 16.5. The molecule has 0 amide bonds. The Labute approximate surface area is 301 Å². The van der Waals surface area contributed by atoms with Crippen LogP contribution in [0.5, 0.6) is 0 Å². The number of hydrogen-bond acceptors (Lipinski definition) is 3. The maximum atomic E-state index is 3.30. The van der Waals surface area contributed by atoms with E-state index in [0.717, 1.165) is 51.1 Å². The van der Waals surface area contributed by atoms with Crippen molar-refractivity contribution in [1.82, 2.24) is 0 Å². The fourth-order valence-electron chi connectivity index (χ4n) is 6.15. The predicted octanol–water partition coefficient (Wildman–Crippen LogP) is 13.7. The van der Waals surface area contributed by atoms with Crippen molar-refractivity contribution in [2.75, 3.05) is 15.1 Å². The molecule has 3 nitrogen and oxygen atoms in total. The SMILES string of the molecule is c1ccc(-c2cccc(N(c3ccccc3)c3ccccc3)c2N(c2ccccc2)c2ccccc2)cc1.c1ccc(Nc2ccccc2)cc1. The molecule has 0 fully saturated rings. The van der Waals surface area contributed by atoms with Gasteiger partial charge in [-0.2, -0.15) is 0 Å². The van der Waals surface area contributed by atoms with Gasteiger partial charge in [0, 0.05) is 39.7 Å². The zero-order chi connectivity index (χ0) is 34.5. The summed E-state index contributed by atoms with van der Waals surface area (Å²) in [7, 11) is 0. The summed E-state index contributed by atoms with van der Waals surface area (Å²) in [6.07, 6.45) is 0. The van der Waals surface area contributed by atoms with Crippen molar-refractivity contribution in [3.8, 4) is 11.1 Å². The average Bonchev–Trinajstić information content (AvgIpc) is 3.22. The van der Waals surface area contributed by atoms with E-state index in [1.165, 1.54) is 5.56 Å². The van der Waals surface area contributed by atoms with E-state index in [1.54, 1.807) is 0 Å². The molecule has 0 aliphatic carbocycles. The van der Waals surface area contributed by atoms with Crippen LogP contribution >= 0.6 is 0 Å². The summed E-state index contributed by atoms with van der Waals surface area (Å²) in [6, 6.07) is 80.0. The first kappa shape index (κ1) is 32.7. The standard InChI is InChI=1S/C36H28N2.C12H11N/c1-6-17-29(18-7-1)34-27-16-28-35(37(30-19-8-2-9-20-30)31-21-10-3-11-22-31)36(34)38(32-23-12-4-13-24-32)33-25-14-5-15-26-33;1-3-7-11(8-4-1)13-12-9-5-2-6-10-12/h1-28H;1-10,13H. The van der Waals surface area contributed by atoms with Gasteiger partial charge in [-0.25, -0.2) is 0 Å². The fourth-order valence-corrected chi connectivity index (χ4v) is 6.15. The van der Waals surface area contributed by atoms with Gasteiger partial charge in [-0.1, -0.05) is 152 Å². The van der Waals surface area contributed by atoms with Crippen LogP contribution in [0.4, 0.5) is 45.5 Å². The average molecular weight is 658 g/mol. The molecule has 8 aromatic carbocycles. The summed E-state index contributed by atoms with van der Waals surface area (Å²) in [6.45, 7) is 0. The highest BCUT2D eigenvalue weighted by atomic mass is 15.2. The maximum Gasteiger partial charge on any atom is 0.0781 e. The van der Waals surface area contributed by atoms with Crippen LogP contribution in [-0.2, 0) is 0 Å². The fraction of sp³-hybridized carbons (Fsp3) is 0. The molecule has 0 saturated heterocycles. The summed E-state index contributed by atoms with van der Waals surface area (Å²) in [5.74, 6) is 0. The molecule has 3 heteroatoms. The Balaban J connectivity index is 0.000000262. The Kier molecular flexibility index (Phi) is 10.6. The molecule has 8 aromatic rings. The molecular weight excluding hydrogens is 619 g/mol. The van der Waals surface area contributed by atoms with Crippen LogP contribution in [0.2, 0.25) is 0 Å². The van der Waals surface area contributed by atoms with Crippen molar-refractivity contribution in [1.29, 1.82) is 0 Å². The number of anilines is 8. The number of nitrogens with zero attached hydrogens (tertiary/aromatic N) is 2. The van der Waals surface area contributed by atoms with Gasteiger partial charge in [0.1, 0.15) is 0 Å². The van der Waals surface area contributed by atoms with Gasteiger partial charge in [0.2, 0.25) is 0 Å². The molecule has 0 aromatic heterocycles. The maximum absolute atomic E-state index is 3.30. The smallest absolute Gasteiger partial charge is 0.0781 e. The van der Waals surface area contributed by atoms with Crippen LogP contribution in [-0.4, -0.2) is 0 Å². The highest BCUT2D eigenvalue weighted by Crippen LogP contribution is 2.49. The van der Waals surface area contributed by atoms with Crippen molar-refractivity contribution < 1.29 is 0 Å². The van der Waals surface area contributed by atoms with Crippen LogP contribution in [0.25, 0.3) is 11.1 Å². The molecule has 51 heavy (non-hydrogen) atoms. The molecule has 1 N–H and O–H groups in total. The minimum absolute atomic E-state index is 1.09. The highest BCUT2D eigenvalue weighted by Gasteiger charge is 2.25. The van der Waals surface area contributed by atoms with Crippen molar-refractivity contribution >= 4 is 45.5 Å². The van der Waals surface area contributed by atoms with Gasteiger partial charge in [-0.15, -0.1) is 0 Å². The van der Waals surface area contributed by atoms with Crippen molar-refractivity contribution in [2.45, 2.75) is 0 Å². The zero-order valence-electron chi connectivity index (χ0n) is 28.3. The zero-order valence-corrected chi connectivity index (χ0v) is 28.3. The lowest BCUT2D eigenvalue weighted by atomic mass is 9.99. The first-order valence-corrected chi connectivity index (χ1v) is 17.2. The third-order valence-electron chi connectivity index (χ3n) is 8.46. The molecule has 0 radical (unpaired) electrons. The lowest BCUT2D eigenvalue weighted by Gasteiger charge is -2.34. The van der Waals surface area contributed by atoms with E-state index < -0.39 is 0 Å². The lowest BCUT2D eigenvalue weighted by Crippen LogP contribution is -2.17. The molecule has 0 aliphatic rings. The molecule has 0 heterocycles. The molecule has 0 atom stereocenters. The molecule has 0 saturated carbocycles. The van der Waals surface area contributed by atoms with Crippen molar-refractivity contribution in [3.05, 3.63) is 231 Å². The van der Waals surface area contributed by atoms with Gasteiger partial charge in [-0.3, -0.25) is 0 Å². The Morgan fingerprint density at radius 3 is 1.00 bits per heavy atom. The van der Waals surface area contributed by atoms with Crippen molar-refractivity contribution in [2.24, 2.45) is 0 Å². The van der Waals surface area contributed by atoms with Gasteiger partial charge >= 0.3 is 0 Å². The largest absolute Gasteiger partial charge is 0.356 e. The lowest BCUT2D eigenvalue weighted by molar-refractivity contribution is 1.23. The number of hydrogen-bond donors (Lipinski definition) is 1. The Bertz CT molecular complexity index is 2080. The van der Waals surface area contributed by atoms with Crippen molar-refractivity contribution in [3.63, 3.8) is 0 Å². The van der Waals surface area contributed by atoms with Crippen LogP contribution in [0.3, 0.4) is 0 Å². The quantitative estimate of drug-likeness (QED) is 0.167. The summed E-state index contributed by atoms with van der Waals surface area (Å²) in [4.78, 5) is 4.72. The van der Waals surface area contributed by atoms with Gasteiger partial charge in [0.25, 0.3) is 0 Å². The number of benzene rings is 8. The van der Waals surface area contributed by atoms with E-state index in [0.29, 0.717) is 0 Å². The van der Waals surface area contributed by atoms with Crippen LogP contribution < -0.4 is 15.1 Å². The molecule has 0 spiro atoms. The third-order valence-corrected chi connectivity index (χ3v) is 8.46. The number of rotatable bonds is 9. The molecule has 0 aliphatic heterocycles. The molecular formula is C48H39N3. The van der Waals surface area contributed by atoms with E-state index >= 15 is 0 Å². The minimum Gasteiger partial charge on any atom is -0.356 e. The molecule has 246 valence electrons. The summed E-state index contributed by atoms with van der Waals surface area (Å²) >= 11 is 0. The van der Waals surface area contributed by atoms with E-state index in [-0.39, 0.29) is 0 Å². The minimum atomic E-state index is 1.09. The topological polar surface area (TPSA) is 18.5 Å². The Hall–Kier alpha value is -6.84. The van der Waals surface area contributed by atoms with E-state index in [9.17, 15) is 0 Å². The van der Waals surface area contributed by atoms with E-state index in [1.807, 2.05) is 60.7 Å². The third kappa shape index (κ3) is 8.07. The number of nitrogens with one attached hydrogen (secondary N) is 1. The van der Waals surface area contributed by atoms with Crippen LogP contribution in [0, 0.1) is 0 Å². The van der Waals surface area contributed by atoms with Gasteiger partial charge in [-0.05, 0) is 84.4 Å². The molecule has 8 rings (SSSR count). The summed E-state index contributed by atoms with van der Waals surface area (Å²) in [5, 5.41) is 3.30. The van der Waals surface area contributed by atoms with Gasteiger partial charge in [0.15, 0.2) is 0 Å². The first-order valence-electron chi connectivity index (χ1n) is 17.2. The Morgan fingerprint density at radius 1 is 0.275 bits per heavy atom. The van der Waals surface area contributed by atoms with Crippen LogP contribution in [0.1, 0.15) is 0 Å². The summed E-state index contributed by atoms with van der Waals surface area (Å²) < 4.78 is 0. The van der Waals surface area contributed by atoms with Gasteiger partial charge < -0.3 is 15.1 Å². The molecule has 0 unspecified atom stereocenters. The van der Waals surface area contributed by atoms with Crippen LogP contribution in [0.15, 0.2) is 231 Å². The second-order valence-corrected chi connectivity index (χ2v) is 11.9. The second-order valence-electron chi connectivity index (χ2n) is 11.9. The van der Waals surface area contributed by atoms with E-state index in [4.69, 9.17) is 0 Å². The normalized spacial score (nSPS) is 10.4.